The number of pyridine rings is 2. The first-order chi connectivity index (χ1) is 23.8. The summed E-state index contributed by atoms with van der Waals surface area (Å²) in [6.07, 6.45) is 12.1. The predicted octanol–water partition coefficient (Wildman–Crippen LogP) is 11.8. The molecule has 0 aliphatic rings. The molecule has 0 radical (unpaired) electrons. The van der Waals surface area contributed by atoms with Gasteiger partial charge in [0.15, 0.2) is 0 Å². The Bertz CT molecular complexity index is 1890. The molecule has 0 atom stereocenters. The van der Waals surface area contributed by atoms with Crippen LogP contribution >= 0.6 is 0 Å². The summed E-state index contributed by atoms with van der Waals surface area (Å²) in [5, 5.41) is 0. The second-order valence-corrected chi connectivity index (χ2v) is 11.2. The van der Waals surface area contributed by atoms with E-state index in [2.05, 4.69) is 178 Å². The summed E-state index contributed by atoms with van der Waals surface area (Å²) in [4.78, 5) is 13.8. The molecule has 0 amide bonds. The zero-order valence-electron chi connectivity index (χ0n) is 26.4. The second kappa shape index (κ2) is 14.7. The molecule has 7 aromatic rings. The third-order valence-electron chi connectivity index (χ3n) is 7.97. The van der Waals surface area contributed by atoms with Crippen LogP contribution in [0.15, 0.2) is 182 Å². The average molecular weight is 619 g/mol. The fourth-order valence-corrected chi connectivity index (χ4v) is 5.70. The first-order valence-corrected chi connectivity index (χ1v) is 16.0. The van der Waals surface area contributed by atoms with Gasteiger partial charge in [0.05, 0.1) is 11.4 Å². The number of aromatic nitrogens is 2. The van der Waals surface area contributed by atoms with Gasteiger partial charge in [-0.25, -0.2) is 0 Å². The van der Waals surface area contributed by atoms with Gasteiger partial charge in [-0.15, -0.1) is 0 Å². The zero-order chi connectivity index (χ0) is 32.4. The molecule has 5 aromatic carbocycles. The molecular weight excluding hydrogens is 585 g/mol. The fraction of sp³-hybridized carbons (Fsp3) is 0. The summed E-state index contributed by atoms with van der Waals surface area (Å²) in [6, 6.07) is 58.3. The lowest BCUT2D eigenvalue weighted by Gasteiger charge is -2.25. The van der Waals surface area contributed by atoms with Crippen molar-refractivity contribution in [3.05, 3.63) is 205 Å². The van der Waals surface area contributed by atoms with Crippen LogP contribution in [0, 0.1) is 0 Å². The zero-order valence-corrected chi connectivity index (χ0v) is 26.4. The smallest absolute Gasteiger partial charge is 0.0650 e. The summed E-state index contributed by atoms with van der Waals surface area (Å²) < 4.78 is 0. The van der Waals surface area contributed by atoms with E-state index in [1.165, 1.54) is 0 Å². The monoisotopic (exact) mass is 618 g/mol. The number of hydrogen-bond donors (Lipinski definition) is 0. The van der Waals surface area contributed by atoms with E-state index in [4.69, 9.17) is 0 Å². The SMILES string of the molecule is C(=Cc1ccccc1C=Cc1cc(N(c2ccccc2)c2ccccc2)ccn1)c1cc(N(c2ccccc2)c2ccccc2)ccn1. The van der Waals surface area contributed by atoms with E-state index < -0.39 is 0 Å². The number of para-hydroxylation sites is 4. The van der Waals surface area contributed by atoms with Crippen molar-refractivity contribution in [1.82, 2.24) is 9.97 Å². The normalized spacial score (nSPS) is 11.2. The molecule has 7 rings (SSSR count). The van der Waals surface area contributed by atoms with Gasteiger partial charge in [-0.3, -0.25) is 9.97 Å². The first kappa shape index (κ1) is 30.2. The van der Waals surface area contributed by atoms with Crippen molar-refractivity contribution in [3.8, 4) is 0 Å². The van der Waals surface area contributed by atoms with Crippen molar-refractivity contribution < 1.29 is 0 Å². The Hall–Kier alpha value is -6.52. The lowest BCUT2D eigenvalue weighted by atomic mass is 10.1. The molecule has 4 nitrogen and oxygen atoms in total. The number of hydrogen-bond acceptors (Lipinski definition) is 4. The summed E-state index contributed by atoms with van der Waals surface area (Å²) in [5.74, 6) is 0. The molecule has 0 spiro atoms. The van der Waals surface area contributed by atoms with Crippen molar-refractivity contribution in [3.63, 3.8) is 0 Å². The summed E-state index contributed by atoms with van der Waals surface area (Å²) in [5.41, 5.74) is 10.4. The lowest BCUT2D eigenvalue weighted by Crippen LogP contribution is -2.10. The summed E-state index contributed by atoms with van der Waals surface area (Å²) in [7, 11) is 0. The Balaban J connectivity index is 1.15. The van der Waals surface area contributed by atoms with E-state index in [0.717, 1.165) is 56.6 Å². The Kier molecular flexibility index (Phi) is 9.24. The number of nitrogens with zero attached hydrogens (tertiary/aromatic N) is 4. The standard InChI is InChI=1S/C44H34N4/c1-5-17-39(18-6-1)47(40-19-7-2-8-20-40)43-29-31-45-37(33-43)27-25-35-15-13-14-16-36(35)26-28-38-34-44(30-32-46-38)48(41-21-9-3-10-22-41)42-23-11-4-12-24-42/h1-34H. The molecular formula is C44H34N4. The maximum atomic E-state index is 4.68. The van der Waals surface area contributed by atoms with Crippen LogP contribution in [0.3, 0.4) is 0 Å². The Morgan fingerprint density at radius 1 is 0.312 bits per heavy atom. The molecule has 0 unspecified atom stereocenters. The highest BCUT2D eigenvalue weighted by molar-refractivity contribution is 5.82. The van der Waals surface area contributed by atoms with Gasteiger partial charge in [0.2, 0.25) is 0 Å². The van der Waals surface area contributed by atoms with Crippen LogP contribution in [-0.4, -0.2) is 9.97 Å². The van der Waals surface area contributed by atoms with Crippen LogP contribution in [0.4, 0.5) is 34.1 Å². The van der Waals surface area contributed by atoms with Crippen LogP contribution in [0.5, 0.6) is 0 Å². The van der Waals surface area contributed by atoms with Crippen LogP contribution in [0.25, 0.3) is 24.3 Å². The van der Waals surface area contributed by atoms with E-state index in [1.54, 1.807) is 0 Å². The highest BCUT2D eigenvalue weighted by Gasteiger charge is 2.13. The molecule has 0 N–H and O–H groups in total. The summed E-state index contributed by atoms with van der Waals surface area (Å²) >= 11 is 0. The quantitative estimate of drug-likeness (QED) is 0.153. The molecule has 0 bridgehead atoms. The topological polar surface area (TPSA) is 32.3 Å². The van der Waals surface area contributed by atoms with E-state index in [0.29, 0.717) is 0 Å². The highest BCUT2D eigenvalue weighted by Crippen LogP contribution is 2.35. The Labute approximate surface area is 282 Å². The molecule has 2 heterocycles. The first-order valence-electron chi connectivity index (χ1n) is 16.0. The van der Waals surface area contributed by atoms with Crippen molar-refractivity contribution >= 4 is 58.4 Å². The Morgan fingerprint density at radius 3 is 0.958 bits per heavy atom. The van der Waals surface area contributed by atoms with E-state index in [1.807, 2.05) is 48.8 Å². The van der Waals surface area contributed by atoms with E-state index in [-0.39, 0.29) is 0 Å². The van der Waals surface area contributed by atoms with Crippen molar-refractivity contribution in [2.45, 2.75) is 0 Å². The molecule has 0 aliphatic carbocycles. The van der Waals surface area contributed by atoms with Crippen molar-refractivity contribution in [2.24, 2.45) is 0 Å². The molecule has 2 aromatic heterocycles. The van der Waals surface area contributed by atoms with Gasteiger partial charge in [0.25, 0.3) is 0 Å². The number of benzene rings is 5. The third-order valence-corrected chi connectivity index (χ3v) is 7.97. The van der Waals surface area contributed by atoms with E-state index in [9.17, 15) is 0 Å². The van der Waals surface area contributed by atoms with Gasteiger partial charge in [-0.2, -0.15) is 0 Å². The molecule has 0 saturated heterocycles. The highest BCUT2D eigenvalue weighted by atomic mass is 15.1. The minimum absolute atomic E-state index is 0.874. The van der Waals surface area contributed by atoms with Crippen LogP contribution in [0.1, 0.15) is 22.5 Å². The van der Waals surface area contributed by atoms with Crippen LogP contribution < -0.4 is 9.80 Å². The number of anilines is 6. The van der Waals surface area contributed by atoms with Gasteiger partial charge in [0.1, 0.15) is 0 Å². The molecule has 4 heteroatoms. The fourth-order valence-electron chi connectivity index (χ4n) is 5.70. The van der Waals surface area contributed by atoms with Crippen molar-refractivity contribution in [1.29, 1.82) is 0 Å². The van der Waals surface area contributed by atoms with Crippen LogP contribution in [-0.2, 0) is 0 Å². The molecule has 0 saturated carbocycles. The van der Waals surface area contributed by atoms with Gasteiger partial charge >= 0.3 is 0 Å². The largest absolute Gasteiger partial charge is 0.310 e. The maximum absolute atomic E-state index is 4.68. The minimum atomic E-state index is 0.874. The maximum Gasteiger partial charge on any atom is 0.0650 e. The number of rotatable bonds is 10. The molecule has 230 valence electrons. The van der Waals surface area contributed by atoms with Gasteiger partial charge in [-0.1, -0.05) is 109 Å². The van der Waals surface area contributed by atoms with Crippen LogP contribution in [0.2, 0.25) is 0 Å². The van der Waals surface area contributed by atoms with Crippen molar-refractivity contribution in [2.75, 3.05) is 9.80 Å². The molecule has 0 fully saturated rings. The average Bonchev–Trinajstić information content (AvgIpc) is 3.16. The van der Waals surface area contributed by atoms with Gasteiger partial charge in [-0.05, 0) is 96.1 Å². The summed E-state index contributed by atoms with van der Waals surface area (Å²) in [6.45, 7) is 0. The minimum Gasteiger partial charge on any atom is -0.310 e. The Morgan fingerprint density at radius 2 is 0.625 bits per heavy atom. The van der Waals surface area contributed by atoms with E-state index >= 15 is 0 Å². The third kappa shape index (κ3) is 7.14. The molecule has 48 heavy (non-hydrogen) atoms. The molecule has 0 aliphatic heterocycles. The lowest BCUT2D eigenvalue weighted by molar-refractivity contribution is 1.23. The van der Waals surface area contributed by atoms with Gasteiger partial charge < -0.3 is 9.80 Å². The predicted molar refractivity (Wildman–Crippen MR) is 202 cm³/mol. The second-order valence-electron chi connectivity index (χ2n) is 11.2. The van der Waals surface area contributed by atoms with Gasteiger partial charge in [0, 0.05) is 46.5 Å².